The first-order valence-electron chi connectivity index (χ1n) is 13.0. The molecule has 0 spiro atoms. The molecule has 0 saturated carbocycles. The highest BCUT2D eigenvalue weighted by molar-refractivity contribution is 5.54. The highest BCUT2D eigenvalue weighted by atomic mass is 19.1. The fourth-order valence-corrected chi connectivity index (χ4v) is 4.83. The molecular weight excluding hydrogens is 529 g/mol. The summed E-state index contributed by atoms with van der Waals surface area (Å²) in [5.74, 6) is 0.0873. The number of ether oxygens (including phenoxy) is 1. The monoisotopic (exact) mass is 558 g/mol. The molecule has 5 heterocycles. The minimum absolute atomic E-state index is 0.142. The molecule has 3 N–H and O–H groups in total. The third-order valence-corrected chi connectivity index (χ3v) is 7.14. The summed E-state index contributed by atoms with van der Waals surface area (Å²) in [6, 6.07) is 5.63. The molecule has 6 rings (SSSR count). The molecule has 0 bridgehead atoms. The highest BCUT2D eigenvalue weighted by Gasteiger charge is 2.30. The number of alkyl halides is 1. The number of nitrogens with zero attached hydrogens (tertiary/aromatic N) is 8. The summed E-state index contributed by atoms with van der Waals surface area (Å²) in [4.78, 5) is 19.2. The van der Waals surface area contributed by atoms with Gasteiger partial charge in [0.25, 0.3) is 5.78 Å². The largest absolute Gasteiger partial charge is 0.483 e. The average molecular weight is 559 g/mol. The molecule has 2 atom stereocenters. The van der Waals surface area contributed by atoms with Crippen LogP contribution in [0.3, 0.4) is 0 Å². The number of piperazine rings is 1. The Morgan fingerprint density at radius 3 is 2.67 bits per heavy atom. The van der Waals surface area contributed by atoms with Gasteiger partial charge in [-0.3, -0.25) is 4.90 Å². The Morgan fingerprint density at radius 2 is 1.95 bits per heavy atom. The molecule has 0 radical (unpaired) electrons. The van der Waals surface area contributed by atoms with Gasteiger partial charge in [0.15, 0.2) is 23.5 Å². The van der Waals surface area contributed by atoms with E-state index in [1.165, 1.54) is 16.8 Å². The second-order valence-corrected chi connectivity index (χ2v) is 9.82. The van der Waals surface area contributed by atoms with Crippen molar-refractivity contribution < 1.29 is 22.3 Å². The quantitative estimate of drug-likeness (QED) is 0.327. The Labute approximate surface area is 227 Å². The molecule has 2 saturated heterocycles. The fourth-order valence-electron chi connectivity index (χ4n) is 4.83. The van der Waals surface area contributed by atoms with Crippen molar-refractivity contribution in [3.8, 4) is 17.3 Å². The number of hydrogen-bond donors (Lipinski definition) is 2. The average Bonchev–Trinajstić information content (AvgIpc) is 3.71. The summed E-state index contributed by atoms with van der Waals surface area (Å²) in [6.45, 7) is 4.14. The minimum Gasteiger partial charge on any atom is -0.483 e. The topological polar surface area (TPSA) is 126 Å². The molecule has 3 aromatic heterocycles. The molecule has 12 nitrogen and oxygen atoms in total. The van der Waals surface area contributed by atoms with Gasteiger partial charge in [0.1, 0.15) is 11.9 Å². The van der Waals surface area contributed by atoms with Crippen molar-refractivity contribution in [1.82, 2.24) is 34.8 Å². The molecule has 2 fully saturated rings. The van der Waals surface area contributed by atoms with Crippen molar-refractivity contribution in [2.45, 2.75) is 12.3 Å². The normalized spacial score (nSPS) is 19.9. The molecule has 0 aliphatic carbocycles. The number of rotatable bonds is 8. The van der Waals surface area contributed by atoms with Crippen LogP contribution in [0.25, 0.3) is 17.4 Å². The zero-order chi connectivity index (χ0) is 27.8. The maximum atomic E-state index is 14.7. The van der Waals surface area contributed by atoms with Crippen molar-refractivity contribution in [3.63, 3.8) is 0 Å². The zero-order valence-corrected chi connectivity index (χ0v) is 21.8. The van der Waals surface area contributed by atoms with Gasteiger partial charge in [-0.2, -0.15) is 19.5 Å². The standard InChI is InChI=1S/C25H29F3N10O2/c1-35(24-32-23(29)38-25(33-24)31-22(34-38)19-3-2-10-39-19)4-5-36-6-8-37(9-7-36)18-12-20(16(27)11-15(18)26)40-21-14-30-13-17(21)28/h2-3,10-12,17,21,30H,4-9,13-14H2,1H3,(H2,29,31,32,33,34)/t17-,21+/m1/s1. The van der Waals surface area contributed by atoms with Crippen LogP contribution in [0, 0.1) is 11.6 Å². The number of likely N-dealkylation sites (N-methyl/N-ethyl adjacent to an activating group) is 1. The first-order valence-corrected chi connectivity index (χ1v) is 13.0. The van der Waals surface area contributed by atoms with E-state index in [0.717, 1.165) is 6.07 Å². The van der Waals surface area contributed by atoms with E-state index in [4.69, 9.17) is 14.9 Å². The van der Waals surface area contributed by atoms with Crippen LogP contribution in [-0.2, 0) is 0 Å². The van der Waals surface area contributed by atoms with Gasteiger partial charge in [-0.15, -0.1) is 5.10 Å². The predicted octanol–water partition coefficient (Wildman–Crippen LogP) is 1.59. The Hall–Kier alpha value is -4.11. The number of fused-ring (bicyclic) bond motifs is 1. The molecular formula is C25H29F3N10O2. The van der Waals surface area contributed by atoms with Gasteiger partial charge in [0, 0.05) is 71.5 Å². The van der Waals surface area contributed by atoms with Gasteiger partial charge >= 0.3 is 0 Å². The summed E-state index contributed by atoms with van der Waals surface area (Å²) in [6.07, 6.45) is -0.507. The number of benzene rings is 1. The number of anilines is 3. The van der Waals surface area contributed by atoms with Crippen LogP contribution >= 0.6 is 0 Å². The van der Waals surface area contributed by atoms with Gasteiger partial charge < -0.3 is 30.0 Å². The van der Waals surface area contributed by atoms with Gasteiger partial charge in [-0.1, -0.05) is 0 Å². The van der Waals surface area contributed by atoms with E-state index < -0.39 is 23.9 Å². The summed E-state index contributed by atoms with van der Waals surface area (Å²) in [5, 5.41) is 7.17. The molecule has 212 valence electrons. The van der Waals surface area contributed by atoms with Gasteiger partial charge in [0.05, 0.1) is 12.0 Å². The molecule has 15 heteroatoms. The lowest BCUT2D eigenvalue weighted by atomic mass is 10.2. The van der Waals surface area contributed by atoms with Crippen molar-refractivity contribution in [1.29, 1.82) is 0 Å². The summed E-state index contributed by atoms with van der Waals surface area (Å²) >= 11 is 0. The zero-order valence-electron chi connectivity index (χ0n) is 21.8. The molecule has 0 unspecified atom stereocenters. The van der Waals surface area contributed by atoms with Crippen molar-refractivity contribution in [3.05, 3.63) is 42.2 Å². The lowest BCUT2D eigenvalue weighted by molar-refractivity contribution is 0.134. The van der Waals surface area contributed by atoms with E-state index in [1.54, 1.807) is 12.1 Å². The van der Waals surface area contributed by atoms with E-state index in [2.05, 4.69) is 30.3 Å². The number of nitrogens with two attached hydrogens (primary N) is 1. The molecule has 1 aromatic carbocycles. The molecule has 4 aromatic rings. The van der Waals surface area contributed by atoms with E-state index >= 15 is 0 Å². The summed E-state index contributed by atoms with van der Waals surface area (Å²) in [7, 11) is 1.86. The number of halogens is 3. The fraction of sp³-hybridized carbons (Fsp3) is 0.440. The van der Waals surface area contributed by atoms with E-state index in [1.807, 2.05) is 16.8 Å². The van der Waals surface area contributed by atoms with Crippen molar-refractivity contribution >= 4 is 23.4 Å². The Morgan fingerprint density at radius 1 is 1.12 bits per heavy atom. The Bertz CT molecular complexity index is 1480. The summed E-state index contributed by atoms with van der Waals surface area (Å²) in [5.41, 5.74) is 6.35. The smallest absolute Gasteiger partial charge is 0.259 e. The number of aromatic nitrogens is 5. The van der Waals surface area contributed by atoms with Crippen molar-refractivity contribution in [2.75, 3.05) is 74.9 Å². The maximum absolute atomic E-state index is 14.7. The van der Waals surface area contributed by atoms with Crippen LogP contribution in [0.15, 0.2) is 34.9 Å². The molecule has 2 aliphatic heterocycles. The van der Waals surface area contributed by atoms with Crippen molar-refractivity contribution in [2.24, 2.45) is 0 Å². The minimum atomic E-state index is -1.24. The second kappa shape index (κ2) is 10.8. The SMILES string of the molecule is CN(CCN1CCN(c2cc(O[C@H]3CNC[C@H]3F)c(F)cc2F)CC1)c1nc(N)n2nc(-c3ccco3)nc2n1. The van der Waals surface area contributed by atoms with E-state index in [0.29, 0.717) is 62.6 Å². The van der Waals surface area contributed by atoms with Crippen LogP contribution in [0.1, 0.15) is 0 Å². The highest BCUT2D eigenvalue weighted by Crippen LogP contribution is 2.30. The van der Waals surface area contributed by atoms with Crippen LogP contribution in [-0.4, -0.2) is 101 Å². The first-order chi connectivity index (χ1) is 19.4. The maximum Gasteiger partial charge on any atom is 0.259 e. The Kier molecular flexibility index (Phi) is 7.06. The van der Waals surface area contributed by atoms with Crippen LogP contribution < -0.4 is 25.6 Å². The Balaban J connectivity index is 1.06. The van der Waals surface area contributed by atoms with E-state index in [9.17, 15) is 13.2 Å². The van der Waals surface area contributed by atoms with E-state index in [-0.39, 0.29) is 30.5 Å². The van der Waals surface area contributed by atoms with Gasteiger partial charge in [-0.25, -0.2) is 13.2 Å². The lowest BCUT2D eigenvalue weighted by Gasteiger charge is -2.37. The van der Waals surface area contributed by atoms with Crippen LogP contribution in [0.2, 0.25) is 0 Å². The molecule has 2 aliphatic rings. The van der Waals surface area contributed by atoms with Crippen LogP contribution in [0.4, 0.5) is 30.8 Å². The molecule has 40 heavy (non-hydrogen) atoms. The predicted molar refractivity (Wildman–Crippen MR) is 141 cm³/mol. The second-order valence-electron chi connectivity index (χ2n) is 9.82. The molecule has 0 amide bonds. The van der Waals surface area contributed by atoms with Gasteiger partial charge in [0.2, 0.25) is 17.7 Å². The lowest BCUT2D eigenvalue weighted by Crippen LogP contribution is -2.48. The number of nitrogen functional groups attached to an aromatic ring is 1. The third-order valence-electron chi connectivity index (χ3n) is 7.14. The number of hydrogen-bond acceptors (Lipinski definition) is 11. The first kappa shape index (κ1) is 26.1. The number of nitrogens with one attached hydrogen (secondary N) is 1. The van der Waals surface area contributed by atoms with Crippen LogP contribution in [0.5, 0.6) is 5.75 Å². The third kappa shape index (κ3) is 5.21. The van der Waals surface area contributed by atoms with Gasteiger partial charge in [-0.05, 0) is 12.1 Å². The number of furan rings is 1. The summed E-state index contributed by atoms with van der Waals surface area (Å²) < 4.78 is 55.2.